The van der Waals surface area contributed by atoms with Crippen LogP contribution in [0.4, 0.5) is 23.1 Å². The average Bonchev–Trinajstić information content (AvgIpc) is 3.45. The summed E-state index contributed by atoms with van der Waals surface area (Å²) in [7, 11) is 0. The predicted octanol–water partition coefficient (Wildman–Crippen LogP) is 4.17. The van der Waals surface area contributed by atoms with Crippen molar-refractivity contribution in [3.63, 3.8) is 0 Å². The molecule has 0 bridgehead atoms. The summed E-state index contributed by atoms with van der Waals surface area (Å²) in [5, 5.41) is 12.5. The van der Waals surface area contributed by atoms with Gasteiger partial charge in [0.25, 0.3) is 0 Å². The van der Waals surface area contributed by atoms with Gasteiger partial charge in [0.05, 0.1) is 11.5 Å². The molecule has 2 aromatic carbocycles. The van der Waals surface area contributed by atoms with Crippen LogP contribution in [0.15, 0.2) is 79.3 Å². The summed E-state index contributed by atoms with van der Waals surface area (Å²) in [6.07, 6.45) is 3.07. The zero-order valence-corrected chi connectivity index (χ0v) is 21.2. The molecule has 1 saturated heterocycles. The number of pyridine rings is 1. The van der Waals surface area contributed by atoms with Crippen molar-refractivity contribution >= 4 is 23.1 Å². The van der Waals surface area contributed by atoms with E-state index in [0.717, 1.165) is 42.3 Å². The van der Waals surface area contributed by atoms with Crippen LogP contribution in [0.3, 0.4) is 0 Å². The van der Waals surface area contributed by atoms with Gasteiger partial charge in [-0.05, 0) is 35.4 Å². The third-order valence-electron chi connectivity index (χ3n) is 6.85. The molecule has 4 aromatic rings. The van der Waals surface area contributed by atoms with Crippen LogP contribution in [-0.4, -0.2) is 57.7 Å². The van der Waals surface area contributed by atoms with Crippen LogP contribution < -0.4 is 19.3 Å². The van der Waals surface area contributed by atoms with Gasteiger partial charge in [-0.25, -0.2) is 15.0 Å². The molecule has 6 rings (SSSR count). The maximum Gasteiger partial charge on any atom is 0.354 e. The van der Waals surface area contributed by atoms with E-state index in [4.69, 9.17) is 9.47 Å². The lowest BCUT2D eigenvalue weighted by Gasteiger charge is -2.35. The summed E-state index contributed by atoms with van der Waals surface area (Å²) in [6.45, 7) is 4.05. The average molecular weight is 526 g/mol. The van der Waals surface area contributed by atoms with Crippen LogP contribution in [0.25, 0.3) is 0 Å². The van der Waals surface area contributed by atoms with E-state index >= 15 is 0 Å². The molecule has 0 saturated carbocycles. The molecule has 0 unspecified atom stereocenters. The fraction of sp³-hybridized carbons (Fsp3) is 0.250. The maximum atomic E-state index is 12.5. The number of nitrogens with zero attached hydrogens (tertiary/aromatic N) is 7. The van der Waals surface area contributed by atoms with E-state index in [1.807, 2.05) is 71.6 Å². The van der Waals surface area contributed by atoms with Crippen LogP contribution in [0.2, 0.25) is 0 Å². The topological polar surface area (TPSA) is 110 Å². The summed E-state index contributed by atoms with van der Waals surface area (Å²) in [6, 6.07) is 21.2. The van der Waals surface area contributed by atoms with Gasteiger partial charge < -0.3 is 19.3 Å². The molecule has 0 spiro atoms. The van der Waals surface area contributed by atoms with Crippen molar-refractivity contribution in [2.75, 3.05) is 42.8 Å². The lowest BCUT2D eigenvalue weighted by molar-refractivity contribution is -0.383. The van der Waals surface area contributed by atoms with Crippen LogP contribution in [-0.2, 0) is 13.1 Å². The number of fused-ring (bicyclic) bond motifs is 1. The van der Waals surface area contributed by atoms with Gasteiger partial charge in [0.2, 0.25) is 18.4 Å². The molecule has 11 nitrogen and oxygen atoms in total. The first-order valence-corrected chi connectivity index (χ1v) is 12.7. The van der Waals surface area contributed by atoms with E-state index in [1.54, 1.807) is 11.1 Å². The van der Waals surface area contributed by atoms with Crippen molar-refractivity contribution in [2.45, 2.75) is 13.1 Å². The minimum Gasteiger partial charge on any atom is -0.454 e. The second-order valence-corrected chi connectivity index (χ2v) is 9.34. The van der Waals surface area contributed by atoms with Crippen molar-refractivity contribution in [1.82, 2.24) is 19.9 Å². The number of ether oxygens (including phenoxy) is 2. The Morgan fingerprint density at radius 3 is 2.44 bits per heavy atom. The molecular weight excluding hydrogens is 498 g/mol. The lowest BCUT2D eigenvalue weighted by Crippen LogP contribution is -2.46. The van der Waals surface area contributed by atoms with Gasteiger partial charge in [-0.1, -0.05) is 42.5 Å². The van der Waals surface area contributed by atoms with Crippen LogP contribution in [0.1, 0.15) is 11.1 Å². The van der Waals surface area contributed by atoms with Gasteiger partial charge in [0.1, 0.15) is 12.1 Å². The number of nitro groups is 1. The Balaban J connectivity index is 1.25. The monoisotopic (exact) mass is 525 g/mol. The number of anilines is 3. The minimum absolute atomic E-state index is 0.122. The van der Waals surface area contributed by atoms with Crippen molar-refractivity contribution < 1.29 is 14.4 Å². The minimum atomic E-state index is -0.384. The Hall–Kier alpha value is -4.77. The predicted molar refractivity (Wildman–Crippen MR) is 145 cm³/mol. The quantitative estimate of drug-likeness (QED) is 0.246. The van der Waals surface area contributed by atoms with Gasteiger partial charge in [-0.3, -0.25) is 15.0 Å². The molecule has 0 amide bonds. The fourth-order valence-corrected chi connectivity index (χ4v) is 4.91. The van der Waals surface area contributed by atoms with Gasteiger partial charge in [-0.2, -0.15) is 0 Å². The first-order chi connectivity index (χ1) is 19.2. The second-order valence-electron chi connectivity index (χ2n) is 9.34. The summed E-state index contributed by atoms with van der Waals surface area (Å²) >= 11 is 0. The molecule has 198 valence electrons. The number of benzene rings is 2. The molecule has 4 heterocycles. The number of piperazine rings is 1. The zero-order valence-electron chi connectivity index (χ0n) is 21.2. The third kappa shape index (κ3) is 5.30. The molecule has 1 fully saturated rings. The van der Waals surface area contributed by atoms with E-state index in [-0.39, 0.29) is 23.2 Å². The Morgan fingerprint density at radius 2 is 1.67 bits per heavy atom. The molecule has 0 aliphatic carbocycles. The standard InChI is InChI=1S/C28H27N7O4/c36-35(37)26-27(33-14-12-32(13-15-33)17-22-9-10-23-24(16-22)39-20-38-23)30-19-31-28(26)34(25-8-4-5-11-29-25)18-21-6-2-1-3-7-21/h1-11,16,19H,12-15,17-18,20H2. The number of rotatable bonds is 8. The highest BCUT2D eigenvalue weighted by atomic mass is 16.7. The van der Waals surface area contributed by atoms with Gasteiger partial charge in [0, 0.05) is 38.9 Å². The Labute approximate surface area is 225 Å². The van der Waals surface area contributed by atoms with Crippen molar-refractivity contribution in [3.05, 3.63) is 100 Å². The van der Waals surface area contributed by atoms with Gasteiger partial charge in [0.15, 0.2) is 11.5 Å². The highest BCUT2D eigenvalue weighted by Gasteiger charge is 2.32. The van der Waals surface area contributed by atoms with Gasteiger partial charge >= 0.3 is 5.69 Å². The first kappa shape index (κ1) is 24.6. The molecular formula is C28H27N7O4. The summed E-state index contributed by atoms with van der Waals surface area (Å²) in [5.74, 6) is 2.64. The molecule has 39 heavy (non-hydrogen) atoms. The highest BCUT2D eigenvalue weighted by Crippen LogP contribution is 2.38. The van der Waals surface area contributed by atoms with E-state index in [0.29, 0.717) is 31.3 Å². The summed E-state index contributed by atoms with van der Waals surface area (Å²) < 4.78 is 10.9. The number of hydrogen-bond donors (Lipinski definition) is 0. The lowest BCUT2D eigenvalue weighted by atomic mass is 10.1. The maximum absolute atomic E-state index is 12.5. The second kappa shape index (κ2) is 10.9. The molecule has 2 aliphatic heterocycles. The smallest absolute Gasteiger partial charge is 0.354 e. The number of aromatic nitrogens is 3. The Kier molecular flexibility index (Phi) is 6.88. The highest BCUT2D eigenvalue weighted by molar-refractivity contribution is 5.75. The van der Waals surface area contributed by atoms with Crippen LogP contribution in [0, 0.1) is 10.1 Å². The Morgan fingerprint density at radius 1 is 0.872 bits per heavy atom. The van der Waals surface area contributed by atoms with Crippen molar-refractivity contribution in [2.24, 2.45) is 0 Å². The number of hydrogen-bond acceptors (Lipinski definition) is 10. The normalized spacial score (nSPS) is 14.8. The molecule has 2 aliphatic rings. The zero-order chi connectivity index (χ0) is 26.6. The van der Waals surface area contributed by atoms with E-state index in [1.165, 1.54) is 6.33 Å². The SMILES string of the molecule is O=[N+]([O-])c1c(N2CCN(Cc3ccc4c(c3)OCO4)CC2)ncnc1N(Cc1ccccc1)c1ccccn1. The van der Waals surface area contributed by atoms with Gasteiger partial charge in [-0.15, -0.1) is 0 Å². The van der Waals surface area contributed by atoms with Crippen molar-refractivity contribution in [1.29, 1.82) is 0 Å². The first-order valence-electron chi connectivity index (χ1n) is 12.7. The fourth-order valence-electron chi connectivity index (χ4n) is 4.91. The van der Waals surface area contributed by atoms with Crippen LogP contribution >= 0.6 is 0 Å². The molecule has 0 radical (unpaired) electrons. The molecule has 11 heteroatoms. The van der Waals surface area contributed by atoms with Crippen molar-refractivity contribution in [3.8, 4) is 11.5 Å². The third-order valence-corrected chi connectivity index (χ3v) is 6.85. The van der Waals surface area contributed by atoms with E-state index < -0.39 is 0 Å². The summed E-state index contributed by atoms with van der Waals surface area (Å²) in [5.41, 5.74) is 1.99. The van der Waals surface area contributed by atoms with Crippen LogP contribution in [0.5, 0.6) is 11.5 Å². The molecule has 2 aromatic heterocycles. The molecule has 0 atom stereocenters. The van der Waals surface area contributed by atoms with E-state index in [2.05, 4.69) is 19.9 Å². The van der Waals surface area contributed by atoms with E-state index in [9.17, 15) is 10.1 Å². The molecule has 0 N–H and O–H groups in total. The summed E-state index contributed by atoms with van der Waals surface area (Å²) in [4.78, 5) is 31.4. The largest absolute Gasteiger partial charge is 0.454 e. The Bertz CT molecular complexity index is 1450.